The summed E-state index contributed by atoms with van der Waals surface area (Å²) in [6.45, 7) is 8.30. The van der Waals surface area contributed by atoms with Crippen LogP contribution in [0.25, 0.3) is 0 Å². The van der Waals surface area contributed by atoms with Gasteiger partial charge in [-0.05, 0) is 38.9 Å². The molecule has 2 aliphatic rings. The summed E-state index contributed by atoms with van der Waals surface area (Å²) in [4.78, 5) is 9.40. The highest BCUT2D eigenvalue weighted by atomic mass is 32.2. The van der Waals surface area contributed by atoms with Crippen molar-refractivity contribution in [2.24, 2.45) is 0 Å². The number of piperazine rings is 1. The summed E-state index contributed by atoms with van der Waals surface area (Å²) in [5, 5.41) is 3.29. The zero-order valence-corrected chi connectivity index (χ0v) is 16.7. The molecule has 26 heavy (non-hydrogen) atoms. The molecule has 1 aromatic rings. The van der Waals surface area contributed by atoms with Crippen molar-refractivity contribution in [3.8, 4) is 0 Å². The molecule has 0 amide bonds. The van der Waals surface area contributed by atoms with Crippen molar-refractivity contribution >= 4 is 15.8 Å². The third kappa shape index (κ3) is 4.54. The quantitative estimate of drug-likeness (QED) is 0.801. The first kappa shape index (κ1) is 19.5. The van der Waals surface area contributed by atoms with Gasteiger partial charge in [-0.2, -0.15) is 4.31 Å². The normalized spacial score (nSPS) is 22.2. The molecule has 1 atom stereocenters. The van der Waals surface area contributed by atoms with Crippen LogP contribution in [0.15, 0.2) is 23.2 Å². The van der Waals surface area contributed by atoms with Gasteiger partial charge < -0.3 is 10.2 Å². The largest absolute Gasteiger partial charge is 0.367 e. The maximum absolute atomic E-state index is 13.0. The average Bonchev–Trinajstić information content (AvgIpc) is 2.67. The summed E-state index contributed by atoms with van der Waals surface area (Å²) in [7, 11) is -1.34. The number of nitrogens with one attached hydrogen (secondary N) is 1. The van der Waals surface area contributed by atoms with Gasteiger partial charge in [-0.25, -0.2) is 13.4 Å². The van der Waals surface area contributed by atoms with E-state index >= 15 is 0 Å². The van der Waals surface area contributed by atoms with Crippen LogP contribution in [0.4, 0.5) is 5.82 Å². The molecule has 1 aromatic heterocycles. The van der Waals surface area contributed by atoms with Crippen molar-refractivity contribution in [3.63, 3.8) is 0 Å². The Hall–Kier alpha value is -1.22. The lowest BCUT2D eigenvalue weighted by atomic mass is 10.2. The molecule has 0 spiro atoms. The van der Waals surface area contributed by atoms with Crippen molar-refractivity contribution in [2.45, 2.75) is 37.1 Å². The van der Waals surface area contributed by atoms with E-state index in [1.807, 2.05) is 0 Å². The molecule has 0 bridgehead atoms. The number of anilines is 1. The molecule has 8 heteroatoms. The van der Waals surface area contributed by atoms with Gasteiger partial charge in [0.15, 0.2) is 0 Å². The fourth-order valence-electron chi connectivity index (χ4n) is 3.61. The maximum atomic E-state index is 13.0. The van der Waals surface area contributed by atoms with Crippen LogP contribution in [-0.2, 0) is 10.0 Å². The van der Waals surface area contributed by atoms with Crippen LogP contribution in [0, 0.1) is 0 Å². The highest BCUT2D eigenvalue weighted by Crippen LogP contribution is 2.25. The summed E-state index contributed by atoms with van der Waals surface area (Å²) < 4.78 is 27.6. The summed E-state index contributed by atoms with van der Waals surface area (Å²) in [5.74, 6) is 0.471. The Labute approximate surface area is 157 Å². The highest BCUT2D eigenvalue weighted by molar-refractivity contribution is 7.89. The fraction of sp³-hybridized carbons (Fsp3) is 0.722. The Morgan fingerprint density at radius 2 is 1.81 bits per heavy atom. The van der Waals surface area contributed by atoms with Crippen LogP contribution >= 0.6 is 0 Å². The van der Waals surface area contributed by atoms with Crippen LogP contribution in [0.3, 0.4) is 0 Å². The van der Waals surface area contributed by atoms with Gasteiger partial charge in [0, 0.05) is 58.1 Å². The summed E-state index contributed by atoms with van der Waals surface area (Å²) >= 11 is 0. The zero-order chi connectivity index (χ0) is 18.6. The lowest BCUT2D eigenvalue weighted by Crippen LogP contribution is -2.50. The van der Waals surface area contributed by atoms with E-state index in [1.54, 1.807) is 22.6 Å². The average molecular weight is 382 g/mol. The SMILES string of the molecule is CC(CNc1ncccc1S(=O)(=O)N1CCCCC1)N1CCN(C)CC1. The van der Waals surface area contributed by atoms with E-state index in [1.165, 1.54) is 0 Å². The number of hydrogen-bond donors (Lipinski definition) is 1. The highest BCUT2D eigenvalue weighted by Gasteiger charge is 2.29. The van der Waals surface area contributed by atoms with Crippen LogP contribution < -0.4 is 5.32 Å². The Bertz CT molecular complexity index is 683. The van der Waals surface area contributed by atoms with Crippen molar-refractivity contribution < 1.29 is 8.42 Å². The molecule has 0 saturated carbocycles. The molecule has 0 aliphatic carbocycles. The first-order valence-electron chi connectivity index (χ1n) is 9.60. The third-order valence-corrected chi connectivity index (χ3v) is 7.36. The Morgan fingerprint density at radius 3 is 2.50 bits per heavy atom. The second-order valence-electron chi connectivity index (χ2n) is 7.38. The van der Waals surface area contributed by atoms with Crippen LogP contribution in [0.2, 0.25) is 0 Å². The number of rotatable bonds is 6. The summed E-state index contributed by atoms with van der Waals surface area (Å²) in [6, 6.07) is 3.70. The van der Waals surface area contributed by atoms with E-state index in [-0.39, 0.29) is 0 Å². The van der Waals surface area contributed by atoms with Crippen molar-refractivity contribution in [3.05, 3.63) is 18.3 Å². The molecule has 1 N–H and O–H groups in total. The van der Waals surface area contributed by atoms with Gasteiger partial charge >= 0.3 is 0 Å². The van der Waals surface area contributed by atoms with Crippen LogP contribution in [0.5, 0.6) is 0 Å². The second-order valence-corrected chi connectivity index (χ2v) is 9.29. The predicted octanol–water partition coefficient (Wildman–Crippen LogP) is 1.30. The van der Waals surface area contributed by atoms with Crippen molar-refractivity contribution in [2.75, 3.05) is 58.2 Å². The molecule has 2 aliphatic heterocycles. The van der Waals surface area contributed by atoms with E-state index in [0.717, 1.165) is 45.4 Å². The maximum Gasteiger partial charge on any atom is 0.246 e. The minimum Gasteiger partial charge on any atom is -0.367 e. The topological polar surface area (TPSA) is 68.8 Å². The van der Waals surface area contributed by atoms with E-state index < -0.39 is 10.0 Å². The van der Waals surface area contributed by atoms with Crippen LogP contribution in [0.1, 0.15) is 26.2 Å². The molecule has 3 rings (SSSR count). The smallest absolute Gasteiger partial charge is 0.246 e. The summed E-state index contributed by atoms with van der Waals surface area (Å²) in [6.07, 6.45) is 4.62. The molecule has 146 valence electrons. The number of hydrogen-bond acceptors (Lipinski definition) is 6. The lowest BCUT2D eigenvalue weighted by Gasteiger charge is -2.36. The van der Waals surface area contributed by atoms with Gasteiger partial charge in [-0.1, -0.05) is 6.42 Å². The Kier molecular flexibility index (Phi) is 6.50. The number of nitrogens with zero attached hydrogens (tertiary/aromatic N) is 4. The predicted molar refractivity (Wildman–Crippen MR) is 104 cm³/mol. The lowest BCUT2D eigenvalue weighted by molar-refractivity contribution is 0.123. The molecule has 0 radical (unpaired) electrons. The molecule has 1 unspecified atom stereocenters. The minimum atomic E-state index is -3.48. The third-order valence-electron chi connectivity index (χ3n) is 5.43. The molecule has 3 heterocycles. The van der Waals surface area contributed by atoms with Crippen molar-refractivity contribution in [1.82, 2.24) is 19.1 Å². The van der Waals surface area contributed by atoms with Gasteiger partial charge in [-0.3, -0.25) is 4.90 Å². The minimum absolute atomic E-state index is 0.299. The number of sulfonamides is 1. The first-order chi connectivity index (χ1) is 12.5. The van der Waals surface area contributed by atoms with Gasteiger partial charge in [0.05, 0.1) is 0 Å². The van der Waals surface area contributed by atoms with Gasteiger partial charge in [0.25, 0.3) is 0 Å². The Balaban J connectivity index is 1.67. The number of piperidine rings is 1. The molecule has 2 saturated heterocycles. The van der Waals surface area contributed by atoms with E-state index in [2.05, 4.69) is 34.1 Å². The van der Waals surface area contributed by atoms with Crippen LogP contribution in [-0.4, -0.2) is 86.4 Å². The molecule has 2 fully saturated rings. The van der Waals surface area contributed by atoms with Crippen molar-refractivity contribution in [1.29, 1.82) is 0 Å². The standard InChI is InChI=1S/C18H31N5O2S/c1-16(22-13-11-21(2)12-14-22)15-20-18-17(7-6-8-19-18)26(24,25)23-9-4-3-5-10-23/h6-8,16H,3-5,9-15H2,1-2H3,(H,19,20). The van der Waals surface area contributed by atoms with E-state index in [0.29, 0.717) is 36.4 Å². The van der Waals surface area contributed by atoms with Gasteiger partial charge in [0.1, 0.15) is 10.7 Å². The zero-order valence-electron chi connectivity index (χ0n) is 15.9. The fourth-order valence-corrected chi connectivity index (χ4v) is 5.25. The van der Waals surface area contributed by atoms with E-state index in [9.17, 15) is 8.42 Å². The summed E-state index contributed by atoms with van der Waals surface area (Å²) in [5.41, 5.74) is 0. The van der Waals surface area contributed by atoms with Gasteiger partial charge in [0.2, 0.25) is 10.0 Å². The molecular weight excluding hydrogens is 350 g/mol. The number of pyridine rings is 1. The molecule has 0 aromatic carbocycles. The first-order valence-corrected chi connectivity index (χ1v) is 11.0. The van der Waals surface area contributed by atoms with E-state index in [4.69, 9.17) is 0 Å². The molecule has 7 nitrogen and oxygen atoms in total. The Morgan fingerprint density at radius 1 is 1.12 bits per heavy atom. The number of aromatic nitrogens is 1. The monoisotopic (exact) mass is 381 g/mol. The second kappa shape index (κ2) is 8.65. The number of likely N-dealkylation sites (N-methyl/N-ethyl adjacent to an activating group) is 1. The molecular formula is C18H31N5O2S. The van der Waals surface area contributed by atoms with Gasteiger partial charge in [-0.15, -0.1) is 0 Å².